The zero-order chi connectivity index (χ0) is 19.3. The average Bonchev–Trinajstić information content (AvgIpc) is 2.62. The molecule has 9 heteroatoms. The number of ether oxygens (including phenoxy) is 1. The molecule has 0 bridgehead atoms. The Morgan fingerprint density at radius 1 is 1.26 bits per heavy atom. The number of rotatable bonds is 7. The van der Waals surface area contributed by atoms with E-state index in [2.05, 4.69) is 5.32 Å². The van der Waals surface area contributed by atoms with E-state index in [-0.39, 0.29) is 31.4 Å². The van der Waals surface area contributed by atoms with E-state index in [0.717, 1.165) is 12.1 Å². The van der Waals surface area contributed by atoms with Gasteiger partial charge in [-0.25, -0.2) is 8.78 Å². The quantitative estimate of drug-likeness (QED) is 0.424. The summed E-state index contributed by atoms with van der Waals surface area (Å²) >= 11 is 0. The van der Waals surface area contributed by atoms with E-state index in [1.54, 1.807) is 31.2 Å². The number of carbonyl (C=O) groups excluding carboxylic acids is 1. The van der Waals surface area contributed by atoms with Crippen molar-refractivity contribution in [2.24, 2.45) is 5.73 Å². The van der Waals surface area contributed by atoms with Crippen LogP contribution in [-0.2, 0) is 16.1 Å². The fourth-order valence-corrected chi connectivity index (χ4v) is 2.34. The summed E-state index contributed by atoms with van der Waals surface area (Å²) in [6, 6.07) is 8.32. The number of amidine groups is 1. The highest BCUT2D eigenvalue weighted by Gasteiger charge is 2.29. The highest BCUT2D eigenvalue weighted by molar-refractivity contribution is 5.94. The maximum Gasteiger partial charge on any atom is 0.254 e. The van der Waals surface area contributed by atoms with Crippen molar-refractivity contribution in [1.82, 2.24) is 5.32 Å². The van der Waals surface area contributed by atoms with Crippen molar-refractivity contribution < 1.29 is 23.4 Å². The molecule has 0 aromatic heterocycles. The largest absolute Gasteiger partial charge is 0.505 e. The van der Waals surface area contributed by atoms with Crippen LogP contribution in [-0.4, -0.2) is 23.5 Å². The molecule has 0 aliphatic carbocycles. The minimum atomic E-state index is -1.54. The van der Waals surface area contributed by atoms with Gasteiger partial charge in [0.2, 0.25) is 0 Å². The van der Waals surface area contributed by atoms with Crippen molar-refractivity contribution in [3.63, 3.8) is 0 Å². The highest BCUT2D eigenvalue weighted by atomic mass is 35.5. The van der Waals surface area contributed by atoms with Gasteiger partial charge in [0, 0.05) is 18.7 Å². The molecule has 0 fully saturated rings. The number of nitrogens with two attached hydrogens (primary N) is 1. The molecule has 2 aromatic carbocycles. The molecule has 0 aliphatic heterocycles. The molecular weight excluding hydrogens is 380 g/mol. The molecule has 2 aromatic rings. The van der Waals surface area contributed by atoms with Gasteiger partial charge in [-0.15, -0.1) is 12.4 Å². The maximum atomic E-state index is 14.1. The minimum absolute atomic E-state index is 0. The Labute approximate surface area is 161 Å². The van der Waals surface area contributed by atoms with Crippen LogP contribution < -0.4 is 11.1 Å². The summed E-state index contributed by atoms with van der Waals surface area (Å²) < 4.78 is 33.3. The summed E-state index contributed by atoms with van der Waals surface area (Å²) in [5.41, 5.74) is 5.97. The van der Waals surface area contributed by atoms with Gasteiger partial charge in [0.05, 0.1) is 5.56 Å². The lowest BCUT2D eigenvalue weighted by Crippen LogP contribution is -2.31. The Hall–Kier alpha value is -2.71. The van der Waals surface area contributed by atoms with Crippen LogP contribution in [0.25, 0.3) is 0 Å². The maximum absolute atomic E-state index is 14.1. The highest BCUT2D eigenvalue weighted by Crippen LogP contribution is 2.29. The van der Waals surface area contributed by atoms with Crippen molar-refractivity contribution in [3.05, 3.63) is 64.7 Å². The first-order valence-electron chi connectivity index (χ1n) is 7.84. The summed E-state index contributed by atoms with van der Waals surface area (Å²) in [5.74, 6) is -3.81. The van der Waals surface area contributed by atoms with Gasteiger partial charge in [-0.3, -0.25) is 10.2 Å². The normalized spacial score (nSPS) is 11.4. The zero-order valence-electron chi connectivity index (χ0n) is 14.5. The van der Waals surface area contributed by atoms with Gasteiger partial charge in [-0.1, -0.05) is 24.3 Å². The molecule has 27 heavy (non-hydrogen) atoms. The second-order valence-corrected chi connectivity index (χ2v) is 5.46. The molecule has 6 nitrogen and oxygen atoms in total. The molecule has 146 valence electrons. The third-order valence-corrected chi connectivity index (χ3v) is 3.67. The first kappa shape index (κ1) is 22.3. The molecule has 0 saturated carbocycles. The second kappa shape index (κ2) is 9.84. The van der Waals surface area contributed by atoms with Crippen LogP contribution in [0.4, 0.5) is 8.78 Å². The van der Waals surface area contributed by atoms with Crippen molar-refractivity contribution >= 4 is 24.1 Å². The summed E-state index contributed by atoms with van der Waals surface area (Å²) in [7, 11) is 0. The third-order valence-electron chi connectivity index (χ3n) is 3.67. The summed E-state index contributed by atoms with van der Waals surface area (Å²) in [6.07, 6.45) is -1.54. The summed E-state index contributed by atoms with van der Waals surface area (Å²) in [6.45, 7) is 1.71. The Morgan fingerprint density at radius 2 is 1.89 bits per heavy atom. The molecule has 2 rings (SSSR count). The number of nitrogens with one attached hydrogen (secondary N) is 2. The fraction of sp³-hybridized carbons (Fsp3) is 0.222. The van der Waals surface area contributed by atoms with Crippen LogP contribution in [0.5, 0.6) is 5.75 Å². The Kier molecular flexibility index (Phi) is 8.14. The van der Waals surface area contributed by atoms with Crippen molar-refractivity contribution in [2.75, 3.05) is 6.61 Å². The van der Waals surface area contributed by atoms with Crippen molar-refractivity contribution in [3.8, 4) is 5.75 Å². The van der Waals surface area contributed by atoms with Crippen LogP contribution in [0.1, 0.15) is 29.7 Å². The molecule has 0 aliphatic rings. The van der Waals surface area contributed by atoms with Crippen LogP contribution in [0.3, 0.4) is 0 Å². The number of phenols is 1. The molecule has 0 radical (unpaired) electrons. The van der Waals surface area contributed by atoms with Crippen LogP contribution in [0.2, 0.25) is 0 Å². The Morgan fingerprint density at radius 3 is 2.44 bits per heavy atom. The molecule has 1 atom stereocenters. The van der Waals surface area contributed by atoms with Crippen molar-refractivity contribution in [2.45, 2.75) is 19.6 Å². The Balaban J connectivity index is 0.00000364. The number of nitrogen functional groups attached to an aromatic ring is 1. The summed E-state index contributed by atoms with van der Waals surface area (Å²) in [5, 5.41) is 19.3. The molecular formula is C18H20ClF2N3O3. The molecule has 5 N–H and O–H groups in total. The number of amides is 1. The average molecular weight is 400 g/mol. The van der Waals surface area contributed by atoms with Crippen molar-refractivity contribution in [1.29, 1.82) is 5.41 Å². The number of benzene rings is 2. The number of hydrogen-bond donors (Lipinski definition) is 4. The van der Waals surface area contributed by atoms with Gasteiger partial charge >= 0.3 is 0 Å². The van der Waals surface area contributed by atoms with E-state index in [0.29, 0.717) is 11.1 Å². The van der Waals surface area contributed by atoms with E-state index < -0.39 is 35.0 Å². The van der Waals surface area contributed by atoms with E-state index in [9.17, 15) is 18.7 Å². The predicted octanol–water partition coefficient (Wildman–Crippen LogP) is 2.77. The van der Waals surface area contributed by atoms with Gasteiger partial charge in [0.25, 0.3) is 5.91 Å². The molecule has 1 unspecified atom stereocenters. The van der Waals surface area contributed by atoms with Gasteiger partial charge in [-0.05, 0) is 24.6 Å². The van der Waals surface area contributed by atoms with E-state index >= 15 is 0 Å². The third kappa shape index (κ3) is 5.38. The first-order valence-corrected chi connectivity index (χ1v) is 7.84. The molecule has 0 saturated heterocycles. The smallest absolute Gasteiger partial charge is 0.254 e. The monoisotopic (exact) mass is 399 g/mol. The lowest BCUT2D eigenvalue weighted by Gasteiger charge is -2.19. The number of halogens is 3. The number of carbonyl (C=O) groups is 1. The van der Waals surface area contributed by atoms with Gasteiger partial charge in [0.1, 0.15) is 11.7 Å². The van der Waals surface area contributed by atoms with Crippen LogP contribution in [0, 0.1) is 17.0 Å². The number of aromatic hydroxyl groups is 1. The Bertz CT molecular complexity index is 816. The second-order valence-electron chi connectivity index (χ2n) is 5.46. The minimum Gasteiger partial charge on any atom is -0.505 e. The van der Waals surface area contributed by atoms with E-state index in [1.165, 1.54) is 0 Å². The summed E-state index contributed by atoms with van der Waals surface area (Å²) in [4.78, 5) is 12.4. The number of hydrogen-bond acceptors (Lipinski definition) is 4. The topological polar surface area (TPSA) is 108 Å². The van der Waals surface area contributed by atoms with Gasteiger partial charge < -0.3 is 20.9 Å². The predicted molar refractivity (Wildman–Crippen MR) is 98.9 cm³/mol. The number of phenolic OH excluding ortho intramolecular Hbond substituents is 1. The first-order chi connectivity index (χ1) is 12.3. The van der Waals surface area contributed by atoms with Gasteiger partial charge in [0.15, 0.2) is 17.7 Å². The SMILES string of the molecule is CCOC(C(=O)NCc1ccc(C(=N)N)cc1)c1c(F)ccc(O)c1F.Cl. The zero-order valence-corrected chi connectivity index (χ0v) is 15.3. The molecule has 1 amide bonds. The molecule has 0 heterocycles. The standard InChI is InChI=1S/C18H19F2N3O3.ClH/c1-2-26-16(14-12(19)7-8-13(24)15(14)20)18(25)23-9-10-3-5-11(6-4-10)17(21)22;/h3-8,16,24H,2,9H2,1H3,(H3,21,22)(H,23,25);1H. The van der Waals surface area contributed by atoms with E-state index in [1.807, 2.05) is 0 Å². The molecule has 0 spiro atoms. The van der Waals surface area contributed by atoms with Crippen LogP contribution >= 0.6 is 12.4 Å². The van der Waals surface area contributed by atoms with E-state index in [4.69, 9.17) is 15.9 Å². The lowest BCUT2D eigenvalue weighted by atomic mass is 10.1. The van der Waals surface area contributed by atoms with Gasteiger partial charge in [-0.2, -0.15) is 0 Å². The lowest BCUT2D eigenvalue weighted by molar-refractivity contribution is -0.133. The van der Waals surface area contributed by atoms with Crippen LogP contribution in [0.15, 0.2) is 36.4 Å². The fourth-order valence-electron chi connectivity index (χ4n) is 2.34.